The highest BCUT2D eigenvalue weighted by Gasteiger charge is 2.12. The number of halogens is 1. The molecular weight excluding hydrogens is 377 g/mol. The van der Waals surface area contributed by atoms with Crippen LogP contribution in [0.15, 0.2) is 60.7 Å². The first kappa shape index (κ1) is 15.6. The molecule has 2 aromatic carbocycles. The fraction of sp³-hybridized carbons (Fsp3) is 0.118. The quantitative estimate of drug-likeness (QED) is 0.600. The number of amides is 1. The summed E-state index contributed by atoms with van der Waals surface area (Å²) in [5, 5.41) is 2.87. The zero-order valence-corrected chi connectivity index (χ0v) is 13.9. The maximum Gasteiger partial charge on any atom is 0.259 e. The van der Waals surface area contributed by atoms with Crippen molar-refractivity contribution in [2.24, 2.45) is 0 Å². The van der Waals surface area contributed by atoms with Crippen molar-refractivity contribution < 1.29 is 9.53 Å². The number of para-hydroxylation sites is 1. The molecule has 0 heterocycles. The summed E-state index contributed by atoms with van der Waals surface area (Å²) in [7, 11) is 0. The van der Waals surface area contributed by atoms with E-state index < -0.39 is 0 Å². The van der Waals surface area contributed by atoms with E-state index in [0.717, 1.165) is 14.8 Å². The average Bonchev–Trinajstić information content (AvgIpc) is 2.47. The first-order chi connectivity index (χ1) is 10.1. The minimum Gasteiger partial charge on any atom is -0.488 e. The Morgan fingerprint density at radius 1 is 1.19 bits per heavy atom. The van der Waals surface area contributed by atoms with E-state index in [1.807, 2.05) is 43.3 Å². The van der Waals surface area contributed by atoms with E-state index in [2.05, 4.69) is 34.5 Å². The molecule has 1 N–H and O–H groups in total. The lowest BCUT2D eigenvalue weighted by Crippen LogP contribution is -2.14. The topological polar surface area (TPSA) is 38.3 Å². The molecule has 0 saturated heterocycles. The number of anilines is 1. The van der Waals surface area contributed by atoms with Crippen molar-refractivity contribution in [3.63, 3.8) is 0 Å². The number of hydrogen-bond acceptors (Lipinski definition) is 2. The molecule has 0 aromatic heterocycles. The Kier molecular flexibility index (Phi) is 5.38. The summed E-state index contributed by atoms with van der Waals surface area (Å²) in [4.78, 5) is 12.3. The van der Waals surface area contributed by atoms with Gasteiger partial charge in [-0.1, -0.05) is 18.7 Å². The Morgan fingerprint density at radius 2 is 1.86 bits per heavy atom. The molecule has 2 aromatic rings. The van der Waals surface area contributed by atoms with Crippen molar-refractivity contribution in [1.29, 1.82) is 0 Å². The second kappa shape index (κ2) is 7.26. The second-order valence-electron chi connectivity index (χ2n) is 4.70. The molecule has 0 unspecified atom stereocenters. The molecule has 3 nitrogen and oxygen atoms in total. The van der Waals surface area contributed by atoms with Gasteiger partial charge < -0.3 is 10.1 Å². The van der Waals surface area contributed by atoms with Crippen LogP contribution >= 0.6 is 22.6 Å². The monoisotopic (exact) mass is 393 g/mol. The van der Waals surface area contributed by atoms with E-state index in [-0.39, 0.29) is 5.91 Å². The standard InChI is InChI=1S/C17H16INO2/c1-12(2)11-21-16-6-4-3-5-15(16)17(20)19-14-9-7-13(18)8-10-14/h3-10H,1,11H2,2H3,(H,19,20). The SMILES string of the molecule is C=C(C)COc1ccccc1C(=O)Nc1ccc(I)cc1. The van der Waals surface area contributed by atoms with Crippen LogP contribution in [0.2, 0.25) is 0 Å². The lowest BCUT2D eigenvalue weighted by atomic mass is 10.2. The molecule has 0 fully saturated rings. The maximum absolute atomic E-state index is 12.3. The highest BCUT2D eigenvalue weighted by molar-refractivity contribution is 14.1. The minimum atomic E-state index is -0.187. The number of carbonyl (C=O) groups is 1. The van der Waals surface area contributed by atoms with Crippen LogP contribution < -0.4 is 10.1 Å². The van der Waals surface area contributed by atoms with E-state index in [1.54, 1.807) is 12.1 Å². The molecule has 108 valence electrons. The zero-order chi connectivity index (χ0) is 15.2. The first-order valence-corrected chi connectivity index (χ1v) is 7.57. The Balaban J connectivity index is 2.14. The van der Waals surface area contributed by atoms with E-state index >= 15 is 0 Å². The Morgan fingerprint density at radius 3 is 2.52 bits per heavy atom. The summed E-state index contributed by atoms with van der Waals surface area (Å²) in [5.74, 6) is 0.372. The average molecular weight is 393 g/mol. The normalized spacial score (nSPS) is 10.0. The third-order valence-corrected chi connectivity index (χ3v) is 3.43. The molecule has 2 rings (SSSR count). The van der Waals surface area contributed by atoms with Gasteiger partial charge in [-0.3, -0.25) is 4.79 Å². The summed E-state index contributed by atoms with van der Waals surface area (Å²) in [5.41, 5.74) is 2.18. The largest absolute Gasteiger partial charge is 0.488 e. The third-order valence-electron chi connectivity index (χ3n) is 2.71. The van der Waals surface area contributed by atoms with Crippen LogP contribution in [0.5, 0.6) is 5.75 Å². The van der Waals surface area contributed by atoms with Gasteiger partial charge in [-0.15, -0.1) is 0 Å². The van der Waals surface area contributed by atoms with Crippen LogP contribution in [0.1, 0.15) is 17.3 Å². The van der Waals surface area contributed by atoms with Crippen LogP contribution in [0.25, 0.3) is 0 Å². The van der Waals surface area contributed by atoms with Crippen molar-refractivity contribution in [3.05, 3.63) is 69.8 Å². The number of nitrogens with one attached hydrogen (secondary N) is 1. The van der Waals surface area contributed by atoms with Crippen LogP contribution in [0.4, 0.5) is 5.69 Å². The van der Waals surface area contributed by atoms with Crippen LogP contribution in [-0.2, 0) is 0 Å². The van der Waals surface area contributed by atoms with Gasteiger partial charge in [0, 0.05) is 9.26 Å². The number of rotatable bonds is 5. The zero-order valence-electron chi connectivity index (χ0n) is 11.7. The molecule has 0 saturated carbocycles. The first-order valence-electron chi connectivity index (χ1n) is 6.49. The van der Waals surface area contributed by atoms with Crippen LogP contribution in [0.3, 0.4) is 0 Å². The summed E-state index contributed by atoms with van der Waals surface area (Å²) >= 11 is 2.22. The van der Waals surface area contributed by atoms with Gasteiger partial charge in [0.15, 0.2) is 0 Å². The minimum absolute atomic E-state index is 0.187. The predicted octanol–water partition coefficient (Wildman–Crippen LogP) is 4.50. The number of benzene rings is 2. The lowest BCUT2D eigenvalue weighted by molar-refractivity contribution is 0.102. The van der Waals surface area contributed by atoms with E-state index in [9.17, 15) is 4.79 Å². The predicted molar refractivity (Wildman–Crippen MR) is 93.9 cm³/mol. The highest BCUT2D eigenvalue weighted by atomic mass is 127. The van der Waals surface area contributed by atoms with E-state index in [1.165, 1.54) is 0 Å². The molecule has 0 aliphatic rings. The number of ether oxygens (including phenoxy) is 1. The van der Waals surface area contributed by atoms with Gasteiger partial charge in [-0.05, 0) is 71.5 Å². The molecule has 0 spiro atoms. The molecule has 1 amide bonds. The molecule has 0 aliphatic heterocycles. The molecule has 4 heteroatoms. The van der Waals surface area contributed by atoms with Gasteiger partial charge in [0.2, 0.25) is 0 Å². The summed E-state index contributed by atoms with van der Waals surface area (Å²) in [6, 6.07) is 14.8. The fourth-order valence-corrected chi connectivity index (χ4v) is 2.07. The molecule has 0 radical (unpaired) electrons. The Labute approximate surface area is 138 Å². The number of carbonyl (C=O) groups excluding carboxylic acids is 1. The summed E-state index contributed by atoms with van der Waals surface area (Å²) < 4.78 is 6.74. The van der Waals surface area contributed by atoms with Crippen molar-refractivity contribution in [2.75, 3.05) is 11.9 Å². The van der Waals surface area contributed by atoms with Gasteiger partial charge in [0.05, 0.1) is 5.56 Å². The molecular formula is C17H16INO2. The van der Waals surface area contributed by atoms with Crippen molar-refractivity contribution in [1.82, 2.24) is 0 Å². The Hall–Kier alpha value is -1.82. The van der Waals surface area contributed by atoms with E-state index in [4.69, 9.17) is 4.74 Å². The van der Waals surface area contributed by atoms with Crippen LogP contribution in [0, 0.1) is 3.57 Å². The highest BCUT2D eigenvalue weighted by Crippen LogP contribution is 2.20. The van der Waals surface area contributed by atoms with Crippen molar-refractivity contribution in [2.45, 2.75) is 6.92 Å². The van der Waals surface area contributed by atoms with Crippen LogP contribution in [-0.4, -0.2) is 12.5 Å². The van der Waals surface area contributed by atoms with Gasteiger partial charge in [0.1, 0.15) is 12.4 Å². The van der Waals surface area contributed by atoms with Gasteiger partial charge in [-0.2, -0.15) is 0 Å². The number of hydrogen-bond donors (Lipinski definition) is 1. The Bertz CT molecular complexity index is 650. The fourth-order valence-electron chi connectivity index (χ4n) is 1.71. The summed E-state index contributed by atoms with van der Waals surface area (Å²) in [6.07, 6.45) is 0. The van der Waals surface area contributed by atoms with Crippen molar-refractivity contribution >= 4 is 34.2 Å². The molecule has 0 atom stereocenters. The van der Waals surface area contributed by atoms with Gasteiger partial charge in [0.25, 0.3) is 5.91 Å². The lowest BCUT2D eigenvalue weighted by Gasteiger charge is -2.11. The third kappa shape index (κ3) is 4.60. The smallest absolute Gasteiger partial charge is 0.259 e. The van der Waals surface area contributed by atoms with Gasteiger partial charge in [-0.25, -0.2) is 0 Å². The van der Waals surface area contributed by atoms with E-state index in [0.29, 0.717) is 17.9 Å². The summed E-state index contributed by atoms with van der Waals surface area (Å²) in [6.45, 7) is 6.07. The van der Waals surface area contributed by atoms with Gasteiger partial charge >= 0.3 is 0 Å². The van der Waals surface area contributed by atoms with Crippen molar-refractivity contribution in [3.8, 4) is 5.75 Å². The maximum atomic E-state index is 12.3. The molecule has 0 bridgehead atoms. The molecule has 21 heavy (non-hydrogen) atoms. The second-order valence-corrected chi connectivity index (χ2v) is 5.95. The molecule has 0 aliphatic carbocycles.